The van der Waals surface area contributed by atoms with Gasteiger partial charge >= 0.3 is 5.97 Å². The van der Waals surface area contributed by atoms with Gasteiger partial charge in [-0.3, -0.25) is 0 Å². The predicted octanol–water partition coefficient (Wildman–Crippen LogP) is 3.36. The number of benzene rings is 1. The topological polar surface area (TPSA) is 98.8 Å². The van der Waals surface area contributed by atoms with E-state index in [2.05, 4.69) is 20.5 Å². The van der Waals surface area contributed by atoms with Crippen LogP contribution in [0.4, 0.5) is 5.95 Å². The fraction of sp³-hybridized carbons (Fsp3) is 0.158. The molecule has 1 N–H and O–H groups in total. The third-order valence-electron chi connectivity index (χ3n) is 3.49. The van der Waals surface area contributed by atoms with E-state index in [1.807, 2.05) is 19.9 Å². The van der Waals surface area contributed by atoms with Crippen molar-refractivity contribution in [1.29, 1.82) is 0 Å². The number of aromatic nitrogens is 2. The third-order valence-corrected chi connectivity index (χ3v) is 3.49. The van der Waals surface area contributed by atoms with Crippen LogP contribution in [-0.2, 0) is 0 Å². The largest absolute Gasteiger partial charge is 0.496 e. The number of methoxy groups -OCH3 is 1. The zero-order valence-corrected chi connectivity index (χ0v) is 15.1. The van der Waals surface area contributed by atoms with Crippen LogP contribution in [0.2, 0.25) is 0 Å². The van der Waals surface area contributed by atoms with Gasteiger partial charge in [0.1, 0.15) is 11.5 Å². The molecule has 3 aromatic rings. The summed E-state index contributed by atoms with van der Waals surface area (Å²) in [5.41, 5.74) is 5.17. The van der Waals surface area contributed by atoms with Gasteiger partial charge < -0.3 is 13.9 Å². The van der Waals surface area contributed by atoms with Gasteiger partial charge in [-0.25, -0.2) is 20.2 Å². The van der Waals surface area contributed by atoms with E-state index >= 15 is 0 Å². The average molecular weight is 366 g/mol. The van der Waals surface area contributed by atoms with E-state index in [4.69, 9.17) is 13.9 Å². The van der Waals surface area contributed by atoms with Crippen molar-refractivity contribution < 1.29 is 18.7 Å². The van der Waals surface area contributed by atoms with Gasteiger partial charge in [0.2, 0.25) is 11.7 Å². The number of aryl methyl sites for hydroxylation is 2. The Morgan fingerprint density at radius 2 is 1.96 bits per heavy atom. The maximum Gasteiger partial charge on any atom is 0.379 e. The zero-order valence-electron chi connectivity index (χ0n) is 15.1. The van der Waals surface area contributed by atoms with E-state index in [9.17, 15) is 4.79 Å². The lowest BCUT2D eigenvalue weighted by Crippen LogP contribution is -2.07. The first kappa shape index (κ1) is 18.1. The maximum absolute atomic E-state index is 11.9. The number of nitrogens with one attached hydrogen (secondary N) is 1. The fourth-order valence-corrected chi connectivity index (χ4v) is 2.35. The molecule has 0 amide bonds. The molecule has 0 saturated carbocycles. The van der Waals surface area contributed by atoms with Crippen LogP contribution in [0.3, 0.4) is 0 Å². The number of rotatable bonds is 6. The Kier molecular flexibility index (Phi) is 5.46. The smallest absolute Gasteiger partial charge is 0.379 e. The Morgan fingerprint density at radius 3 is 2.63 bits per heavy atom. The third kappa shape index (κ3) is 4.69. The van der Waals surface area contributed by atoms with E-state index in [1.165, 1.54) is 19.4 Å². The van der Waals surface area contributed by atoms with Gasteiger partial charge in [-0.05, 0) is 44.2 Å². The first-order valence-corrected chi connectivity index (χ1v) is 8.10. The van der Waals surface area contributed by atoms with Crippen LogP contribution in [0.5, 0.6) is 11.5 Å². The first-order valence-electron chi connectivity index (χ1n) is 8.10. The van der Waals surface area contributed by atoms with Gasteiger partial charge in [0, 0.05) is 23.0 Å². The number of nitrogens with zero attached hydrogens (tertiary/aromatic N) is 3. The summed E-state index contributed by atoms with van der Waals surface area (Å²) in [4.78, 5) is 20.4. The minimum absolute atomic E-state index is 0.122. The van der Waals surface area contributed by atoms with Crippen LogP contribution in [0.15, 0.2) is 52.2 Å². The van der Waals surface area contributed by atoms with Crippen molar-refractivity contribution >= 4 is 18.1 Å². The number of ether oxygens (including phenoxy) is 2. The van der Waals surface area contributed by atoms with Crippen molar-refractivity contribution in [1.82, 2.24) is 9.97 Å². The van der Waals surface area contributed by atoms with E-state index in [1.54, 1.807) is 30.5 Å². The number of furan rings is 1. The summed E-state index contributed by atoms with van der Waals surface area (Å²) < 4.78 is 15.6. The second-order valence-corrected chi connectivity index (χ2v) is 5.61. The Hall–Kier alpha value is -3.68. The molecule has 8 heteroatoms. The molecular weight excluding hydrogens is 348 g/mol. The van der Waals surface area contributed by atoms with E-state index in [-0.39, 0.29) is 5.76 Å². The molecule has 0 saturated heterocycles. The van der Waals surface area contributed by atoms with Crippen LogP contribution in [-0.4, -0.2) is 29.3 Å². The lowest BCUT2D eigenvalue weighted by molar-refractivity contribution is 0.0701. The molecule has 0 aliphatic heterocycles. The van der Waals surface area contributed by atoms with Crippen molar-refractivity contribution in [3.05, 3.63) is 65.4 Å². The van der Waals surface area contributed by atoms with Crippen LogP contribution >= 0.6 is 0 Å². The lowest BCUT2D eigenvalue weighted by atomic mass is 10.2. The maximum atomic E-state index is 11.9. The molecule has 0 radical (unpaired) electrons. The minimum Gasteiger partial charge on any atom is -0.496 e. The van der Waals surface area contributed by atoms with Gasteiger partial charge in [0.05, 0.1) is 19.6 Å². The summed E-state index contributed by atoms with van der Waals surface area (Å²) >= 11 is 0. The second kappa shape index (κ2) is 8.13. The highest BCUT2D eigenvalue weighted by molar-refractivity contribution is 5.89. The molecule has 0 aliphatic rings. The molecule has 0 unspecified atom stereocenters. The molecule has 0 spiro atoms. The number of hydrazone groups is 1. The molecule has 138 valence electrons. The molecule has 1 aromatic carbocycles. The summed E-state index contributed by atoms with van der Waals surface area (Å²) in [5, 5.41) is 4.13. The van der Waals surface area contributed by atoms with Gasteiger partial charge in [0.25, 0.3) is 0 Å². The number of carbonyl (C=O) groups excluding carboxylic acids is 1. The van der Waals surface area contributed by atoms with E-state index in [0.29, 0.717) is 23.0 Å². The minimum atomic E-state index is -0.586. The monoisotopic (exact) mass is 366 g/mol. The van der Waals surface area contributed by atoms with Crippen LogP contribution in [0.25, 0.3) is 0 Å². The van der Waals surface area contributed by atoms with Crippen LogP contribution in [0.1, 0.15) is 27.5 Å². The average Bonchev–Trinajstić information content (AvgIpc) is 3.16. The Balaban J connectivity index is 1.71. The molecular formula is C19H18N4O4. The highest BCUT2D eigenvalue weighted by Crippen LogP contribution is 2.24. The predicted molar refractivity (Wildman–Crippen MR) is 99.4 cm³/mol. The Labute approximate surface area is 155 Å². The zero-order chi connectivity index (χ0) is 19.2. The van der Waals surface area contributed by atoms with E-state index < -0.39 is 5.97 Å². The van der Waals surface area contributed by atoms with Gasteiger partial charge in [-0.2, -0.15) is 5.10 Å². The van der Waals surface area contributed by atoms with Gasteiger partial charge in [-0.1, -0.05) is 0 Å². The number of esters is 1. The molecule has 0 aliphatic carbocycles. The second-order valence-electron chi connectivity index (χ2n) is 5.61. The Morgan fingerprint density at radius 1 is 1.19 bits per heavy atom. The summed E-state index contributed by atoms with van der Waals surface area (Å²) in [5.74, 6) is 0.767. The molecule has 8 nitrogen and oxygen atoms in total. The summed E-state index contributed by atoms with van der Waals surface area (Å²) in [6, 6.07) is 9.97. The summed E-state index contributed by atoms with van der Waals surface area (Å²) in [6.07, 6.45) is 2.97. The normalized spacial score (nSPS) is 10.8. The Bertz CT molecular complexity index is 948. The standard InChI is InChI=1S/C19H18N4O4/c1-12-9-13(2)22-19(21-12)23-20-11-14-6-7-15(10-17(14)25-3)27-18(24)16-5-4-8-26-16/h4-11H,1-3H3,(H,21,22,23)/b20-11+. The highest BCUT2D eigenvalue weighted by atomic mass is 16.5. The molecule has 0 fully saturated rings. The van der Waals surface area contributed by atoms with Gasteiger partial charge in [0.15, 0.2) is 0 Å². The highest BCUT2D eigenvalue weighted by Gasteiger charge is 2.12. The van der Waals surface area contributed by atoms with Crippen LogP contribution in [0, 0.1) is 13.8 Å². The molecule has 2 heterocycles. The molecule has 2 aromatic heterocycles. The van der Waals surface area contributed by atoms with Crippen molar-refractivity contribution in [3.63, 3.8) is 0 Å². The van der Waals surface area contributed by atoms with E-state index in [0.717, 1.165) is 11.4 Å². The molecule has 3 rings (SSSR count). The van der Waals surface area contributed by atoms with Crippen molar-refractivity contribution in [2.75, 3.05) is 12.5 Å². The van der Waals surface area contributed by atoms with Crippen molar-refractivity contribution in [2.45, 2.75) is 13.8 Å². The SMILES string of the molecule is COc1cc(OC(=O)c2ccco2)ccc1/C=N/Nc1nc(C)cc(C)n1. The fourth-order valence-electron chi connectivity index (χ4n) is 2.35. The molecule has 0 bridgehead atoms. The van der Waals surface area contributed by atoms with Crippen molar-refractivity contribution in [3.8, 4) is 11.5 Å². The number of carbonyl (C=O) groups is 1. The summed E-state index contributed by atoms with van der Waals surface area (Å²) in [7, 11) is 1.52. The number of hydrogen-bond acceptors (Lipinski definition) is 8. The molecule has 0 atom stereocenters. The first-order chi connectivity index (χ1) is 13.0. The lowest BCUT2D eigenvalue weighted by Gasteiger charge is -2.08. The summed E-state index contributed by atoms with van der Waals surface area (Å²) in [6.45, 7) is 3.77. The van der Waals surface area contributed by atoms with Crippen LogP contribution < -0.4 is 14.9 Å². The number of anilines is 1. The quantitative estimate of drug-likeness (QED) is 0.309. The van der Waals surface area contributed by atoms with Crippen molar-refractivity contribution in [2.24, 2.45) is 5.10 Å². The molecule has 27 heavy (non-hydrogen) atoms. The number of hydrogen-bond donors (Lipinski definition) is 1. The van der Waals surface area contributed by atoms with Gasteiger partial charge in [-0.15, -0.1) is 0 Å².